The largest absolute Gasteiger partial charge is 0.465 e. The van der Waals surface area contributed by atoms with Crippen molar-refractivity contribution in [2.75, 3.05) is 19.8 Å². The second-order valence-electron chi connectivity index (χ2n) is 7.60. The standard InChI is InChI=1S/C26H26Cl2O6/c1-4-32-24(29)22(23(25(30)33-5-2)26(31)34-6-3)20-14-16-13-18(28)11-12-19(16)21(20)15-7-9-17(27)10-8-15/h7-13,22-23H,4-6,14H2,1-3H3. The minimum absolute atomic E-state index is 0.0448. The summed E-state index contributed by atoms with van der Waals surface area (Å²) >= 11 is 12.4. The first-order valence-electron chi connectivity index (χ1n) is 11.1. The highest BCUT2D eigenvalue weighted by Gasteiger charge is 2.47. The van der Waals surface area contributed by atoms with Gasteiger partial charge < -0.3 is 14.2 Å². The molecular weight excluding hydrogens is 479 g/mol. The minimum Gasteiger partial charge on any atom is -0.465 e. The molecule has 0 heterocycles. The fourth-order valence-electron chi connectivity index (χ4n) is 4.19. The average molecular weight is 505 g/mol. The Morgan fingerprint density at radius 1 is 0.794 bits per heavy atom. The minimum atomic E-state index is -1.51. The number of halogens is 2. The lowest BCUT2D eigenvalue weighted by Gasteiger charge is -2.25. The van der Waals surface area contributed by atoms with Crippen molar-refractivity contribution in [1.29, 1.82) is 0 Å². The Hall–Kier alpha value is -2.83. The molecule has 0 saturated carbocycles. The summed E-state index contributed by atoms with van der Waals surface area (Å²) in [4.78, 5) is 39.3. The zero-order valence-electron chi connectivity index (χ0n) is 19.2. The van der Waals surface area contributed by atoms with Gasteiger partial charge in [0.1, 0.15) is 5.92 Å². The van der Waals surface area contributed by atoms with Crippen molar-refractivity contribution in [3.63, 3.8) is 0 Å². The van der Waals surface area contributed by atoms with E-state index >= 15 is 0 Å². The van der Waals surface area contributed by atoms with Gasteiger partial charge in [0.05, 0.1) is 19.8 Å². The monoisotopic (exact) mass is 504 g/mol. The van der Waals surface area contributed by atoms with Crippen LogP contribution in [0.5, 0.6) is 0 Å². The molecule has 6 nitrogen and oxygen atoms in total. The normalized spacial score (nSPS) is 13.5. The number of esters is 3. The third-order valence-corrected chi connectivity index (χ3v) is 5.99. The molecule has 2 aromatic rings. The highest BCUT2D eigenvalue weighted by atomic mass is 35.5. The maximum absolute atomic E-state index is 13.3. The summed E-state index contributed by atoms with van der Waals surface area (Å²) in [6.07, 6.45) is 0.298. The van der Waals surface area contributed by atoms with Gasteiger partial charge in [0, 0.05) is 10.0 Å². The second-order valence-corrected chi connectivity index (χ2v) is 8.47. The van der Waals surface area contributed by atoms with Gasteiger partial charge in [-0.3, -0.25) is 14.4 Å². The molecule has 180 valence electrons. The third kappa shape index (κ3) is 5.45. The van der Waals surface area contributed by atoms with Crippen LogP contribution in [0.4, 0.5) is 0 Å². The zero-order valence-corrected chi connectivity index (χ0v) is 20.7. The second kappa shape index (κ2) is 11.5. The predicted octanol–water partition coefficient (Wildman–Crippen LogP) is 5.27. The molecule has 2 aromatic carbocycles. The van der Waals surface area contributed by atoms with Crippen molar-refractivity contribution in [2.24, 2.45) is 11.8 Å². The first-order valence-corrected chi connectivity index (χ1v) is 11.9. The summed E-state index contributed by atoms with van der Waals surface area (Å²) in [7, 11) is 0. The van der Waals surface area contributed by atoms with Crippen molar-refractivity contribution in [3.05, 3.63) is 74.8 Å². The van der Waals surface area contributed by atoms with Crippen LogP contribution in [0, 0.1) is 11.8 Å². The number of ether oxygens (including phenoxy) is 3. The molecule has 8 heteroatoms. The number of rotatable bonds is 9. The van der Waals surface area contributed by atoms with Crippen molar-refractivity contribution in [3.8, 4) is 0 Å². The molecule has 3 rings (SSSR count). The smallest absolute Gasteiger partial charge is 0.321 e. The van der Waals surface area contributed by atoms with E-state index in [2.05, 4.69) is 0 Å². The molecule has 1 aliphatic rings. The van der Waals surface area contributed by atoms with Crippen LogP contribution in [0.2, 0.25) is 10.0 Å². The van der Waals surface area contributed by atoms with E-state index in [1.165, 1.54) is 0 Å². The molecule has 1 aliphatic carbocycles. The Balaban J connectivity index is 2.27. The average Bonchev–Trinajstić information content (AvgIpc) is 3.16. The number of carbonyl (C=O) groups excluding carboxylic acids is 3. The van der Waals surface area contributed by atoms with Gasteiger partial charge in [-0.05, 0) is 79.3 Å². The van der Waals surface area contributed by atoms with Crippen LogP contribution < -0.4 is 0 Å². The molecule has 0 fully saturated rings. The van der Waals surface area contributed by atoms with Gasteiger partial charge in [0.2, 0.25) is 0 Å². The highest BCUT2D eigenvalue weighted by Crippen LogP contribution is 2.44. The van der Waals surface area contributed by atoms with Crippen molar-refractivity contribution < 1.29 is 28.6 Å². The van der Waals surface area contributed by atoms with E-state index in [4.69, 9.17) is 37.4 Å². The molecule has 0 saturated heterocycles. The maximum Gasteiger partial charge on any atom is 0.321 e. The molecule has 0 radical (unpaired) electrons. The molecule has 0 amide bonds. The lowest BCUT2D eigenvalue weighted by Crippen LogP contribution is -2.40. The molecular formula is C26H26Cl2O6. The fourth-order valence-corrected chi connectivity index (χ4v) is 4.51. The number of hydrogen-bond donors (Lipinski definition) is 0. The Bertz CT molecular complexity index is 1090. The van der Waals surface area contributed by atoms with E-state index in [9.17, 15) is 14.4 Å². The number of fused-ring (bicyclic) bond motifs is 1. The van der Waals surface area contributed by atoms with Gasteiger partial charge in [-0.1, -0.05) is 41.4 Å². The molecule has 1 atom stereocenters. The van der Waals surface area contributed by atoms with Crippen LogP contribution in [0.15, 0.2) is 48.0 Å². The van der Waals surface area contributed by atoms with Gasteiger partial charge in [0.25, 0.3) is 0 Å². The van der Waals surface area contributed by atoms with E-state index in [1.807, 2.05) is 24.3 Å². The lowest BCUT2D eigenvalue weighted by molar-refractivity contribution is -0.170. The molecule has 0 aliphatic heterocycles. The first-order chi connectivity index (χ1) is 16.3. The summed E-state index contributed by atoms with van der Waals surface area (Å²) in [5.74, 6) is -5.13. The Kier molecular flexibility index (Phi) is 8.75. The number of carbonyl (C=O) groups is 3. The quantitative estimate of drug-likeness (QED) is 0.262. The van der Waals surface area contributed by atoms with Gasteiger partial charge in [-0.15, -0.1) is 0 Å². The van der Waals surface area contributed by atoms with E-state index < -0.39 is 29.7 Å². The summed E-state index contributed by atoms with van der Waals surface area (Å²) in [5, 5.41) is 1.09. The predicted molar refractivity (Wildman–Crippen MR) is 130 cm³/mol. The summed E-state index contributed by atoms with van der Waals surface area (Å²) in [6.45, 7) is 5.09. The maximum atomic E-state index is 13.3. The number of hydrogen-bond acceptors (Lipinski definition) is 6. The van der Waals surface area contributed by atoms with E-state index in [1.54, 1.807) is 39.0 Å². The van der Waals surface area contributed by atoms with Crippen molar-refractivity contribution in [1.82, 2.24) is 0 Å². The van der Waals surface area contributed by atoms with E-state index in [0.717, 1.165) is 22.3 Å². The molecule has 0 N–H and O–H groups in total. The molecule has 0 bridgehead atoms. The molecule has 1 unspecified atom stereocenters. The Labute approximate surface area is 208 Å². The van der Waals surface area contributed by atoms with Crippen LogP contribution in [0.3, 0.4) is 0 Å². The van der Waals surface area contributed by atoms with Crippen LogP contribution in [0.1, 0.15) is 37.5 Å². The SMILES string of the molecule is CCOC(=O)C(C(=O)OCC)C(C(=O)OCC)C1=C(c2ccc(Cl)cc2)c2ccc(Cl)cc2C1. The van der Waals surface area contributed by atoms with Gasteiger partial charge in [-0.25, -0.2) is 0 Å². The summed E-state index contributed by atoms with van der Waals surface area (Å²) in [5.41, 5.74) is 3.78. The summed E-state index contributed by atoms with van der Waals surface area (Å²) in [6, 6.07) is 12.6. The van der Waals surface area contributed by atoms with Crippen LogP contribution in [-0.4, -0.2) is 37.7 Å². The number of benzene rings is 2. The molecule has 34 heavy (non-hydrogen) atoms. The van der Waals surface area contributed by atoms with Crippen LogP contribution >= 0.6 is 23.2 Å². The zero-order chi connectivity index (χ0) is 24.8. The molecule has 0 spiro atoms. The van der Waals surface area contributed by atoms with Gasteiger partial charge >= 0.3 is 17.9 Å². The Morgan fingerprint density at radius 2 is 1.32 bits per heavy atom. The lowest BCUT2D eigenvalue weighted by atomic mass is 9.81. The van der Waals surface area contributed by atoms with Gasteiger partial charge in [-0.2, -0.15) is 0 Å². The topological polar surface area (TPSA) is 78.9 Å². The highest BCUT2D eigenvalue weighted by molar-refractivity contribution is 6.31. The third-order valence-electron chi connectivity index (χ3n) is 5.50. The van der Waals surface area contributed by atoms with Gasteiger partial charge in [0.15, 0.2) is 5.92 Å². The van der Waals surface area contributed by atoms with Crippen LogP contribution in [0.25, 0.3) is 5.57 Å². The van der Waals surface area contributed by atoms with Crippen molar-refractivity contribution >= 4 is 46.7 Å². The van der Waals surface area contributed by atoms with Crippen molar-refractivity contribution in [2.45, 2.75) is 27.2 Å². The fraction of sp³-hybridized carbons (Fsp3) is 0.346. The van der Waals surface area contributed by atoms with E-state index in [0.29, 0.717) is 22.0 Å². The van der Waals surface area contributed by atoms with E-state index in [-0.39, 0.29) is 19.8 Å². The Morgan fingerprint density at radius 3 is 1.88 bits per heavy atom. The first kappa shape index (κ1) is 25.8. The van der Waals surface area contributed by atoms with Crippen LogP contribution in [-0.2, 0) is 35.0 Å². The molecule has 0 aromatic heterocycles. The summed E-state index contributed by atoms with van der Waals surface area (Å²) < 4.78 is 15.7.